The predicted octanol–water partition coefficient (Wildman–Crippen LogP) is 4.13. The lowest BCUT2D eigenvalue weighted by molar-refractivity contribution is -0.143. The van der Waals surface area contributed by atoms with Crippen molar-refractivity contribution in [1.82, 2.24) is 19.7 Å². The smallest absolute Gasteiger partial charge is 0.272 e. The maximum absolute atomic E-state index is 14.2. The highest BCUT2D eigenvalue weighted by Crippen LogP contribution is 2.38. The van der Waals surface area contributed by atoms with Gasteiger partial charge in [-0.05, 0) is 52.1 Å². The second-order valence-corrected chi connectivity index (χ2v) is 10.1. The zero-order valence-corrected chi connectivity index (χ0v) is 24.5. The van der Waals surface area contributed by atoms with E-state index in [2.05, 4.69) is 5.32 Å². The Kier molecular flexibility index (Phi) is 12.4. The molecule has 1 aliphatic heterocycles. The largest absolute Gasteiger partial charge is 0.482 e. The molecule has 212 valence electrons. The summed E-state index contributed by atoms with van der Waals surface area (Å²) in [5, 5.41) is 4.47. The van der Waals surface area contributed by atoms with Crippen LogP contribution in [0.3, 0.4) is 0 Å². The molecule has 0 spiro atoms. The fourth-order valence-corrected chi connectivity index (χ4v) is 5.16. The molecule has 1 aromatic heterocycles. The van der Waals surface area contributed by atoms with Crippen molar-refractivity contribution in [2.24, 2.45) is 0 Å². The van der Waals surface area contributed by atoms with E-state index in [9.17, 15) is 14.4 Å². The van der Waals surface area contributed by atoms with Gasteiger partial charge in [-0.15, -0.1) is 12.4 Å². The van der Waals surface area contributed by atoms with E-state index in [1.807, 2.05) is 29.4 Å². The zero-order valence-electron chi connectivity index (χ0n) is 22.9. The number of methoxy groups -OCH3 is 1. The molecule has 9 nitrogen and oxygen atoms in total. The van der Waals surface area contributed by atoms with Crippen LogP contribution in [0.4, 0.5) is 0 Å². The van der Waals surface area contributed by atoms with Crippen LogP contribution in [0.25, 0.3) is 10.9 Å². The van der Waals surface area contributed by atoms with Gasteiger partial charge in [0.2, 0.25) is 5.91 Å². The van der Waals surface area contributed by atoms with Gasteiger partial charge in [-0.2, -0.15) is 0 Å². The molecule has 1 N–H and O–H groups in total. The number of likely N-dealkylation sites (N-methyl/N-ethyl adjacent to an activating group) is 1. The van der Waals surface area contributed by atoms with Gasteiger partial charge in [0.25, 0.3) is 11.8 Å². The van der Waals surface area contributed by atoms with Crippen molar-refractivity contribution in [3.8, 4) is 5.75 Å². The molecule has 3 amide bonds. The van der Waals surface area contributed by atoms with E-state index >= 15 is 0 Å². The highest BCUT2D eigenvalue weighted by molar-refractivity contribution is 6.39. The number of ether oxygens (including phenoxy) is 2. The number of hydrogen-bond acceptors (Lipinski definition) is 6. The van der Waals surface area contributed by atoms with Crippen molar-refractivity contribution < 1.29 is 23.9 Å². The molecule has 2 heterocycles. The number of nitrogens with one attached hydrogen (secondary N) is 1. The number of carbonyl (C=O) groups excluding carboxylic acids is 3. The Labute approximate surface area is 236 Å². The molecule has 1 fully saturated rings. The SMILES string of the molecule is COCCCCn1c(C(=O)N(C(C)C)[C@@H]2CCCNC2)c(Cl)c2cccc(OCC(=O)N(C)C(C)=O)c21.Cl. The lowest BCUT2D eigenvalue weighted by Crippen LogP contribution is -2.52. The Balaban J connectivity index is 0.00000507. The Morgan fingerprint density at radius 2 is 1.97 bits per heavy atom. The van der Waals surface area contributed by atoms with E-state index in [1.54, 1.807) is 19.2 Å². The van der Waals surface area contributed by atoms with Crippen LogP contribution in [-0.4, -0.2) is 84.6 Å². The van der Waals surface area contributed by atoms with Crippen molar-refractivity contribution in [2.45, 2.75) is 65.1 Å². The number of carbonyl (C=O) groups is 3. The van der Waals surface area contributed by atoms with E-state index in [4.69, 9.17) is 21.1 Å². The average Bonchev–Trinajstić information content (AvgIpc) is 3.17. The second-order valence-electron chi connectivity index (χ2n) is 9.73. The maximum Gasteiger partial charge on any atom is 0.272 e. The monoisotopic (exact) mass is 570 g/mol. The number of piperidine rings is 1. The number of halogens is 2. The summed E-state index contributed by atoms with van der Waals surface area (Å²) in [5.41, 5.74) is 1.09. The molecule has 2 aromatic rings. The van der Waals surface area contributed by atoms with Gasteiger partial charge in [0.1, 0.15) is 11.4 Å². The summed E-state index contributed by atoms with van der Waals surface area (Å²) in [6.07, 6.45) is 3.52. The summed E-state index contributed by atoms with van der Waals surface area (Å²) in [4.78, 5) is 41.1. The number of hydrogen-bond donors (Lipinski definition) is 1. The van der Waals surface area contributed by atoms with Gasteiger partial charge in [0, 0.05) is 58.2 Å². The van der Waals surface area contributed by atoms with Crippen LogP contribution in [0, 0.1) is 0 Å². The van der Waals surface area contributed by atoms with Crippen LogP contribution in [0.2, 0.25) is 5.02 Å². The Morgan fingerprint density at radius 1 is 1.24 bits per heavy atom. The quantitative estimate of drug-likeness (QED) is 0.408. The predicted molar refractivity (Wildman–Crippen MR) is 151 cm³/mol. The van der Waals surface area contributed by atoms with Crippen molar-refractivity contribution in [1.29, 1.82) is 0 Å². The standard InChI is InChI=1S/C27H39ClN4O5.ClH/c1-18(2)32(20-10-9-13-29-16-20)27(35)26-24(28)21-11-8-12-22(37-17-23(34)30(4)19(3)33)25(21)31(26)14-6-7-15-36-5;/h8,11-12,18,20,29H,6-7,9-10,13-17H2,1-5H3;1H/t20-;/m1./s1. The molecule has 1 aromatic carbocycles. The molecule has 1 saturated heterocycles. The molecule has 0 saturated carbocycles. The third-order valence-electron chi connectivity index (χ3n) is 6.82. The number of para-hydroxylation sites is 1. The number of nitrogens with zero attached hydrogens (tertiary/aromatic N) is 3. The fraction of sp³-hybridized carbons (Fsp3) is 0.593. The summed E-state index contributed by atoms with van der Waals surface area (Å²) >= 11 is 6.93. The fourth-order valence-electron chi connectivity index (χ4n) is 4.83. The summed E-state index contributed by atoms with van der Waals surface area (Å²) in [6, 6.07) is 5.47. The molecular weight excluding hydrogens is 531 g/mol. The molecular formula is C27H40Cl2N4O5. The van der Waals surface area contributed by atoms with E-state index in [1.165, 1.54) is 14.0 Å². The van der Waals surface area contributed by atoms with Crippen LogP contribution < -0.4 is 10.1 Å². The number of aromatic nitrogens is 1. The van der Waals surface area contributed by atoms with E-state index in [0.29, 0.717) is 40.5 Å². The van der Waals surface area contributed by atoms with Gasteiger partial charge in [-0.25, -0.2) is 0 Å². The van der Waals surface area contributed by atoms with Crippen molar-refractivity contribution in [3.63, 3.8) is 0 Å². The number of rotatable bonds is 11. The van der Waals surface area contributed by atoms with Crippen molar-refractivity contribution in [3.05, 3.63) is 28.9 Å². The van der Waals surface area contributed by atoms with Gasteiger partial charge in [-0.1, -0.05) is 23.7 Å². The number of amides is 3. The van der Waals surface area contributed by atoms with Crippen LogP contribution >= 0.6 is 24.0 Å². The van der Waals surface area contributed by atoms with Gasteiger partial charge >= 0.3 is 0 Å². The lowest BCUT2D eigenvalue weighted by Gasteiger charge is -2.38. The highest BCUT2D eigenvalue weighted by Gasteiger charge is 2.33. The van der Waals surface area contributed by atoms with Crippen LogP contribution in [0.1, 0.15) is 56.9 Å². The van der Waals surface area contributed by atoms with Gasteiger partial charge in [-0.3, -0.25) is 19.3 Å². The summed E-state index contributed by atoms with van der Waals surface area (Å²) in [7, 11) is 3.08. The van der Waals surface area contributed by atoms with Crippen LogP contribution in [-0.2, 0) is 20.9 Å². The van der Waals surface area contributed by atoms with Gasteiger partial charge in [0.15, 0.2) is 6.61 Å². The number of aryl methyl sites for hydroxylation is 1. The highest BCUT2D eigenvalue weighted by atomic mass is 35.5. The van der Waals surface area contributed by atoms with Crippen LogP contribution in [0.15, 0.2) is 18.2 Å². The first-order valence-corrected chi connectivity index (χ1v) is 13.3. The number of fused-ring (bicyclic) bond motifs is 1. The second kappa shape index (κ2) is 14.7. The Bertz CT molecular complexity index is 1110. The first-order chi connectivity index (χ1) is 17.7. The topological polar surface area (TPSA) is 93.1 Å². The van der Waals surface area contributed by atoms with Crippen molar-refractivity contribution >= 4 is 52.6 Å². The number of unbranched alkanes of at least 4 members (excludes halogenated alkanes) is 1. The lowest BCUT2D eigenvalue weighted by atomic mass is 10.0. The van der Waals surface area contributed by atoms with Gasteiger partial charge < -0.3 is 24.3 Å². The minimum absolute atomic E-state index is 0. The third-order valence-corrected chi connectivity index (χ3v) is 7.20. The van der Waals surface area contributed by atoms with E-state index in [-0.39, 0.29) is 42.9 Å². The summed E-state index contributed by atoms with van der Waals surface area (Å²) in [5.74, 6) is -0.503. The van der Waals surface area contributed by atoms with E-state index in [0.717, 1.165) is 43.7 Å². The number of imide groups is 1. The van der Waals surface area contributed by atoms with E-state index < -0.39 is 5.91 Å². The molecule has 0 bridgehead atoms. The average molecular weight is 572 g/mol. The molecule has 0 radical (unpaired) electrons. The van der Waals surface area contributed by atoms with Crippen LogP contribution in [0.5, 0.6) is 5.75 Å². The van der Waals surface area contributed by atoms with Gasteiger partial charge in [0.05, 0.1) is 10.5 Å². The maximum atomic E-state index is 14.2. The van der Waals surface area contributed by atoms with Crippen molar-refractivity contribution in [2.75, 3.05) is 40.5 Å². The molecule has 11 heteroatoms. The summed E-state index contributed by atoms with van der Waals surface area (Å²) < 4.78 is 13.1. The summed E-state index contributed by atoms with van der Waals surface area (Å²) in [6.45, 7) is 7.91. The molecule has 0 aliphatic carbocycles. The molecule has 1 atom stereocenters. The third kappa shape index (κ3) is 7.20. The number of benzene rings is 1. The Morgan fingerprint density at radius 3 is 2.58 bits per heavy atom. The molecule has 38 heavy (non-hydrogen) atoms. The normalized spacial score (nSPS) is 15.3. The minimum atomic E-state index is -0.458. The molecule has 1 aliphatic rings. The first-order valence-electron chi connectivity index (χ1n) is 12.9. The minimum Gasteiger partial charge on any atom is -0.482 e. The Hall–Kier alpha value is -2.33. The molecule has 3 rings (SSSR count). The zero-order chi connectivity index (χ0) is 27.1. The first kappa shape index (κ1) is 31.9. The molecule has 0 unspecified atom stereocenters.